The fraction of sp³-hybridized carbons (Fsp3) is 0.296. The maximum atomic E-state index is 13.3. The van der Waals surface area contributed by atoms with Crippen LogP contribution in [0.3, 0.4) is 0 Å². The zero-order valence-electron chi connectivity index (χ0n) is 18.1. The van der Waals surface area contributed by atoms with Crippen molar-refractivity contribution in [2.24, 2.45) is 5.92 Å². The summed E-state index contributed by atoms with van der Waals surface area (Å²) in [7, 11) is 1.85. The van der Waals surface area contributed by atoms with Crippen LogP contribution in [0.15, 0.2) is 66.7 Å². The van der Waals surface area contributed by atoms with Crippen LogP contribution in [0.4, 0.5) is 4.39 Å². The SMILES string of the molecule is CC1c2cc(-c3ccc(F)cc3)ccc2C(CCN(C)C(=O)c2cccc(Cl)c2)[C@@H]1C. The first-order valence-corrected chi connectivity index (χ1v) is 11.1. The van der Waals surface area contributed by atoms with Crippen molar-refractivity contribution in [1.29, 1.82) is 0 Å². The van der Waals surface area contributed by atoms with E-state index in [2.05, 4.69) is 32.0 Å². The number of rotatable bonds is 5. The Morgan fingerprint density at radius 3 is 2.39 bits per heavy atom. The highest BCUT2D eigenvalue weighted by molar-refractivity contribution is 6.30. The molecular formula is C27H27ClFNO. The van der Waals surface area contributed by atoms with Crippen LogP contribution < -0.4 is 0 Å². The third kappa shape index (κ3) is 4.38. The first-order valence-electron chi connectivity index (χ1n) is 10.8. The molecule has 0 fully saturated rings. The average Bonchev–Trinajstić information content (AvgIpc) is 3.01. The minimum atomic E-state index is -0.219. The predicted molar refractivity (Wildman–Crippen MR) is 125 cm³/mol. The zero-order chi connectivity index (χ0) is 22.1. The van der Waals surface area contributed by atoms with E-state index in [-0.39, 0.29) is 11.7 Å². The van der Waals surface area contributed by atoms with Crippen molar-refractivity contribution in [2.75, 3.05) is 13.6 Å². The Morgan fingerprint density at radius 2 is 1.68 bits per heavy atom. The van der Waals surface area contributed by atoms with Gasteiger partial charge in [0.05, 0.1) is 0 Å². The van der Waals surface area contributed by atoms with Crippen LogP contribution in [-0.2, 0) is 0 Å². The molecule has 0 N–H and O–H groups in total. The molecule has 0 aromatic heterocycles. The molecule has 31 heavy (non-hydrogen) atoms. The van der Waals surface area contributed by atoms with Gasteiger partial charge >= 0.3 is 0 Å². The van der Waals surface area contributed by atoms with E-state index in [0.717, 1.165) is 17.5 Å². The summed E-state index contributed by atoms with van der Waals surface area (Å²) in [5.41, 5.74) is 5.50. The topological polar surface area (TPSA) is 20.3 Å². The zero-order valence-corrected chi connectivity index (χ0v) is 18.9. The number of fused-ring (bicyclic) bond motifs is 1. The van der Waals surface area contributed by atoms with Crippen molar-refractivity contribution in [3.05, 3.63) is 94.3 Å². The van der Waals surface area contributed by atoms with Crippen LogP contribution >= 0.6 is 11.6 Å². The minimum absolute atomic E-state index is 0.00641. The Bertz CT molecular complexity index is 1090. The van der Waals surface area contributed by atoms with Gasteiger partial charge in [0.2, 0.25) is 0 Å². The van der Waals surface area contributed by atoms with Crippen LogP contribution in [0.5, 0.6) is 0 Å². The molecule has 0 heterocycles. The highest BCUT2D eigenvalue weighted by Crippen LogP contribution is 2.48. The molecule has 1 aliphatic carbocycles. The molecule has 3 atom stereocenters. The van der Waals surface area contributed by atoms with Crippen LogP contribution in [0.1, 0.15) is 53.6 Å². The fourth-order valence-corrected chi connectivity index (χ4v) is 4.93. The van der Waals surface area contributed by atoms with Gasteiger partial charge in [0.1, 0.15) is 5.82 Å². The van der Waals surface area contributed by atoms with E-state index in [4.69, 9.17) is 11.6 Å². The number of halogens is 2. The van der Waals surface area contributed by atoms with Crippen LogP contribution in [0, 0.1) is 11.7 Å². The van der Waals surface area contributed by atoms with Gasteiger partial charge in [-0.05, 0) is 76.8 Å². The number of carbonyl (C=O) groups excluding carboxylic acids is 1. The van der Waals surface area contributed by atoms with E-state index >= 15 is 0 Å². The summed E-state index contributed by atoms with van der Waals surface area (Å²) in [6.07, 6.45) is 0.914. The maximum absolute atomic E-state index is 13.3. The summed E-state index contributed by atoms with van der Waals surface area (Å²) in [6.45, 7) is 5.26. The van der Waals surface area contributed by atoms with Gasteiger partial charge in [0, 0.05) is 24.2 Å². The van der Waals surface area contributed by atoms with Crippen LogP contribution in [-0.4, -0.2) is 24.4 Å². The maximum Gasteiger partial charge on any atom is 0.253 e. The summed E-state index contributed by atoms with van der Waals surface area (Å²) in [5.74, 6) is 1.11. The van der Waals surface area contributed by atoms with Crippen molar-refractivity contribution in [3.8, 4) is 11.1 Å². The number of benzene rings is 3. The largest absolute Gasteiger partial charge is 0.342 e. The highest BCUT2D eigenvalue weighted by atomic mass is 35.5. The number of amides is 1. The van der Waals surface area contributed by atoms with Crippen molar-refractivity contribution in [3.63, 3.8) is 0 Å². The molecule has 1 amide bonds. The lowest BCUT2D eigenvalue weighted by molar-refractivity contribution is 0.0788. The van der Waals surface area contributed by atoms with Gasteiger partial charge in [0.15, 0.2) is 0 Å². The van der Waals surface area contributed by atoms with Crippen molar-refractivity contribution in [1.82, 2.24) is 4.90 Å². The quantitative estimate of drug-likeness (QED) is 0.416. The van der Waals surface area contributed by atoms with Gasteiger partial charge in [-0.3, -0.25) is 4.79 Å². The van der Waals surface area contributed by atoms with Gasteiger partial charge in [-0.2, -0.15) is 0 Å². The second kappa shape index (κ2) is 8.84. The number of nitrogens with zero attached hydrogens (tertiary/aromatic N) is 1. The summed E-state index contributed by atoms with van der Waals surface area (Å²) < 4.78 is 13.3. The lowest BCUT2D eigenvalue weighted by atomic mass is 9.87. The molecule has 0 bridgehead atoms. The second-order valence-corrected chi connectivity index (χ2v) is 9.07. The Morgan fingerprint density at radius 1 is 0.968 bits per heavy atom. The molecular weight excluding hydrogens is 409 g/mol. The molecule has 0 radical (unpaired) electrons. The Balaban J connectivity index is 1.50. The van der Waals surface area contributed by atoms with Gasteiger partial charge in [-0.25, -0.2) is 4.39 Å². The normalized spacial score (nSPS) is 19.8. The predicted octanol–water partition coefficient (Wildman–Crippen LogP) is 7.15. The molecule has 3 aromatic rings. The third-order valence-electron chi connectivity index (χ3n) is 6.77. The lowest BCUT2D eigenvalue weighted by Gasteiger charge is -2.23. The fourth-order valence-electron chi connectivity index (χ4n) is 4.74. The van der Waals surface area contributed by atoms with E-state index in [1.165, 1.54) is 23.3 Å². The molecule has 2 unspecified atom stereocenters. The highest BCUT2D eigenvalue weighted by Gasteiger charge is 2.35. The summed E-state index contributed by atoms with van der Waals surface area (Å²) in [6, 6.07) is 20.4. The number of hydrogen-bond donors (Lipinski definition) is 0. The smallest absolute Gasteiger partial charge is 0.253 e. The third-order valence-corrected chi connectivity index (χ3v) is 7.01. The van der Waals surface area contributed by atoms with E-state index in [1.54, 1.807) is 29.2 Å². The van der Waals surface area contributed by atoms with Gasteiger partial charge in [0.25, 0.3) is 5.91 Å². The molecule has 0 saturated heterocycles. The molecule has 3 aromatic carbocycles. The summed E-state index contributed by atoms with van der Waals surface area (Å²) >= 11 is 6.04. The first kappa shape index (κ1) is 21.6. The van der Waals surface area contributed by atoms with Crippen molar-refractivity contribution >= 4 is 17.5 Å². The molecule has 0 saturated carbocycles. The molecule has 2 nitrogen and oxygen atoms in total. The van der Waals surface area contributed by atoms with E-state index in [1.807, 2.05) is 19.2 Å². The van der Waals surface area contributed by atoms with Gasteiger partial charge in [-0.15, -0.1) is 0 Å². The first-order chi connectivity index (χ1) is 14.8. The molecule has 0 aliphatic heterocycles. The number of hydrogen-bond acceptors (Lipinski definition) is 1. The standard InChI is InChI=1S/C27H27ClFNO/c1-17-18(2)26-16-20(19-7-10-23(29)11-8-19)9-12-25(26)24(17)13-14-30(3)27(31)21-5-4-6-22(28)15-21/h4-12,15-18,24H,13-14H2,1-3H3/t17-,18?,24?/m1/s1. The Labute approximate surface area is 188 Å². The van der Waals surface area contributed by atoms with Crippen molar-refractivity contribution in [2.45, 2.75) is 32.1 Å². The van der Waals surface area contributed by atoms with E-state index in [9.17, 15) is 9.18 Å². The number of carbonyl (C=O) groups is 1. The van der Waals surface area contributed by atoms with Crippen LogP contribution in [0.25, 0.3) is 11.1 Å². The van der Waals surface area contributed by atoms with E-state index < -0.39 is 0 Å². The van der Waals surface area contributed by atoms with Gasteiger partial charge in [-0.1, -0.05) is 61.8 Å². The molecule has 1 aliphatic rings. The summed E-state index contributed by atoms with van der Waals surface area (Å²) in [4.78, 5) is 14.5. The van der Waals surface area contributed by atoms with E-state index in [0.29, 0.717) is 34.9 Å². The molecule has 160 valence electrons. The molecule has 0 spiro atoms. The summed E-state index contributed by atoms with van der Waals surface area (Å²) in [5, 5.41) is 0.573. The molecule has 4 heteroatoms. The second-order valence-electron chi connectivity index (χ2n) is 8.63. The lowest BCUT2D eigenvalue weighted by Crippen LogP contribution is -2.29. The monoisotopic (exact) mass is 435 g/mol. The Hall–Kier alpha value is -2.65. The van der Waals surface area contributed by atoms with Gasteiger partial charge < -0.3 is 4.90 Å². The molecule has 4 rings (SSSR count). The Kier molecular flexibility index (Phi) is 6.15. The average molecular weight is 436 g/mol. The van der Waals surface area contributed by atoms with Crippen LogP contribution in [0.2, 0.25) is 5.02 Å². The van der Waals surface area contributed by atoms with Crippen molar-refractivity contribution < 1.29 is 9.18 Å². The minimum Gasteiger partial charge on any atom is -0.342 e.